The second-order valence-corrected chi connectivity index (χ2v) is 5.20. The molecule has 0 unspecified atom stereocenters. The molecule has 0 aliphatic carbocycles. The van der Waals surface area contributed by atoms with Crippen LogP contribution < -0.4 is 10.5 Å². The lowest BCUT2D eigenvalue weighted by Gasteiger charge is -2.10. The van der Waals surface area contributed by atoms with Gasteiger partial charge in [-0.05, 0) is 77.9 Å². The molecule has 0 aromatic heterocycles. The monoisotopic (exact) mass is 339 g/mol. The molecule has 0 heterocycles. The fraction of sp³-hybridized carbons (Fsp3) is 0.143. The Kier molecular flexibility index (Phi) is 3.57. The summed E-state index contributed by atoms with van der Waals surface area (Å²) in [5.74, 6) is 1.69. The van der Waals surface area contributed by atoms with E-state index in [0.29, 0.717) is 0 Å². The van der Waals surface area contributed by atoms with Crippen molar-refractivity contribution in [1.29, 1.82) is 0 Å². The standard InChI is InChI=1S/C14H14INO/c1-9-3-5-12(7-10(9)2)17-14-6-4-11(16)8-13(14)15/h3-8H,16H2,1-2H3. The van der Waals surface area contributed by atoms with Gasteiger partial charge in [-0.25, -0.2) is 0 Å². The van der Waals surface area contributed by atoms with Crippen LogP contribution in [0.5, 0.6) is 11.5 Å². The van der Waals surface area contributed by atoms with Gasteiger partial charge in [0.15, 0.2) is 0 Å². The van der Waals surface area contributed by atoms with E-state index < -0.39 is 0 Å². The molecule has 2 rings (SSSR count). The van der Waals surface area contributed by atoms with Gasteiger partial charge in [0.2, 0.25) is 0 Å². The molecule has 0 radical (unpaired) electrons. The summed E-state index contributed by atoms with van der Waals surface area (Å²) in [5, 5.41) is 0. The van der Waals surface area contributed by atoms with Gasteiger partial charge in [0, 0.05) is 5.69 Å². The van der Waals surface area contributed by atoms with Gasteiger partial charge in [-0.15, -0.1) is 0 Å². The molecule has 88 valence electrons. The zero-order valence-electron chi connectivity index (χ0n) is 9.83. The van der Waals surface area contributed by atoms with Crippen molar-refractivity contribution in [3.05, 3.63) is 51.1 Å². The molecule has 0 spiro atoms. The SMILES string of the molecule is Cc1ccc(Oc2ccc(N)cc2I)cc1C. The summed E-state index contributed by atoms with van der Waals surface area (Å²) < 4.78 is 6.85. The number of aryl methyl sites for hydroxylation is 2. The third-order valence-corrected chi connectivity index (χ3v) is 3.51. The van der Waals surface area contributed by atoms with E-state index in [4.69, 9.17) is 10.5 Å². The third kappa shape index (κ3) is 2.91. The Bertz CT molecular complexity index is 552. The maximum Gasteiger partial charge on any atom is 0.140 e. The molecule has 0 saturated heterocycles. The van der Waals surface area contributed by atoms with E-state index in [1.54, 1.807) is 0 Å². The highest BCUT2D eigenvalue weighted by Crippen LogP contribution is 2.29. The van der Waals surface area contributed by atoms with Crippen LogP contribution in [0.15, 0.2) is 36.4 Å². The van der Waals surface area contributed by atoms with Crippen LogP contribution in [0.25, 0.3) is 0 Å². The number of anilines is 1. The van der Waals surface area contributed by atoms with E-state index in [0.717, 1.165) is 20.8 Å². The second-order valence-electron chi connectivity index (χ2n) is 4.04. The average molecular weight is 339 g/mol. The van der Waals surface area contributed by atoms with Crippen molar-refractivity contribution in [2.75, 3.05) is 5.73 Å². The summed E-state index contributed by atoms with van der Waals surface area (Å²) in [6.45, 7) is 4.17. The highest BCUT2D eigenvalue weighted by Gasteiger charge is 2.04. The molecule has 0 fully saturated rings. The Morgan fingerprint density at radius 2 is 1.76 bits per heavy atom. The van der Waals surface area contributed by atoms with E-state index in [2.05, 4.69) is 42.5 Å². The van der Waals surface area contributed by atoms with Gasteiger partial charge in [0.1, 0.15) is 11.5 Å². The Labute approximate surface area is 115 Å². The van der Waals surface area contributed by atoms with Gasteiger partial charge in [0.05, 0.1) is 3.57 Å². The Morgan fingerprint density at radius 1 is 1.00 bits per heavy atom. The molecule has 2 aromatic carbocycles. The van der Waals surface area contributed by atoms with Gasteiger partial charge in [-0.1, -0.05) is 6.07 Å². The highest BCUT2D eigenvalue weighted by molar-refractivity contribution is 14.1. The number of nitrogen functional groups attached to an aromatic ring is 1. The molecule has 0 aliphatic heterocycles. The summed E-state index contributed by atoms with van der Waals surface area (Å²) in [7, 11) is 0. The molecule has 2 nitrogen and oxygen atoms in total. The second kappa shape index (κ2) is 4.96. The van der Waals surface area contributed by atoms with E-state index >= 15 is 0 Å². The minimum Gasteiger partial charge on any atom is -0.456 e. The quantitative estimate of drug-likeness (QED) is 0.655. The van der Waals surface area contributed by atoms with Crippen molar-refractivity contribution >= 4 is 28.3 Å². The summed E-state index contributed by atoms with van der Waals surface area (Å²) in [6.07, 6.45) is 0. The van der Waals surface area contributed by atoms with Crippen molar-refractivity contribution in [1.82, 2.24) is 0 Å². The molecule has 0 aliphatic rings. The minimum absolute atomic E-state index is 0.752. The van der Waals surface area contributed by atoms with Crippen LogP contribution in [0.1, 0.15) is 11.1 Å². The number of rotatable bonds is 2. The van der Waals surface area contributed by atoms with Gasteiger partial charge in [-0.2, -0.15) is 0 Å². The Balaban J connectivity index is 2.28. The number of hydrogen-bond donors (Lipinski definition) is 1. The molecule has 0 atom stereocenters. The number of nitrogens with two attached hydrogens (primary N) is 1. The Hall–Kier alpha value is -1.23. The third-order valence-electron chi connectivity index (χ3n) is 2.66. The predicted octanol–water partition coefficient (Wildman–Crippen LogP) is 4.28. The zero-order valence-corrected chi connectivity index (χ0v) is 12.0. The molecular weight excluding hydrogens is 325 g/mol. The van der Waals surface area contributed by atoms with Crippen LogP contribution >= 0.6 is 22.6 Å². The first kappa shape index (κ1) is 12.2. The number of ether oxygens (including phenoxy) is 1. The van der Waals surface area contributed by atoms with Crippen LogP contribution in [-0.2, 0) is 0 Å². The van der Waals surface area contributed by atoms with E-state index in [1.807, 2.05) is 30.3 Å². The van der Waals surface area contributed by atoms with Gasteiger partial charge < -0.3 is 10.5 Å². The predicted molar refractivity (Wildman–Crippen MR) is 79.6 cm³/mol. The first-order chi connectivity index (χ1) is 8.06. The van der Waals surface area contributed by atoms with Crippen LogP contribution in [-0.4, -0.2) is 0 Å². The van der Waals surface area contributed by atoms with E-state index in [-0.39, 0.29) is 0 Å². The molecule has 0 bridgehead atoms. The van der Waals surface area contributed by atoms with Crippen LogP contribution in [0.3, 0.4) is 0 Å². The van der Waals surface area contributed by atoms with Gasteiger partial charge >= 0.3 is 0 Å². The van der Waals surface area contributed by atoms with Gasteiger partial charge in [0.25, 0.3) is 0 Å². The van der Waals surface area contributed by atoms with Crippen molar-refractivity contribution in [2.45, 2.75) is 13.8 Å². The average Bonchev–Trinajstić information content (AvgIpc) is 2.27. The number of hydrogen-bond acceptors (Lipinski definition) is 2. The summed E-state index contributed by atoms with van der Waals surface area (Å²) in [6, 6.07) is 11.7. The summed E-state index contributed by atoms with van der Waals surface area (Å²) >= 11 is 2.22. The topological polar surface area (TPSA) is 35.2 Å². The molecular formula is C14H14INO. The Morgan fingerprint density at radius 3 is 2.41 bits per heavy atom. The summed E-state index contributed by atoms with van der Waals surface area (Å²) in [5.41, 5.74) is 8.95. The fourth-order valence-corrected chi connectivity index (χ4v) is 2.15. The molecule has 17 heavy (non-hydrogen) atoms. The molecule has 2 N–H and O–H groups in total. The van der Waals surface area contributed by atoms with Crippen molar-refractivity contribution in [2.24, 2.45) is 0 Å². The van der Waals surface area contributed by atoms with E-state index in [1.165, 1.54) is 11.1 Å². The van der Waals surface area contributed by atoms with Gasteiger partial charge in [-0.3, -0.25) is 0 Å². The maximum absolute atomic E-state index is 5.84. The van der Waals surface area contributed by atoms with Crippen LogP contribution in [0.4, 0.5) is 5.69 Å². The minimum atomic E-state index is 0.752. The zero-order chi connectivity index (χ0) is 12.4. The highest BCUT2D eigenvalue weighted by atomic mass is 127. The molecule has 0 saturated carbocycles. The lowest BCUT2D eigenvalue weighted by Crippen LogP contribution is -1.91. The first-order valence-corrected chi connectivity index (χ1v) is 6.44. The lowest BCUT2D eigenvalue weighted by atomic mass is 10.1. The fourth-order valence-electron chi connectivity index (χ4n) is 1.50. The molecule has 0 amide bonds. The van der Waals surface area contributed by atoms with Crippen LogP contribution in [0, 0.1) is 17.4 Å². The van der Waals surface area contributed by atoms with E-state index in [9.17, 15) is 0 Å². The van der Waals surface area contributed by atoms with Crippen molar-refractivity contribution < 1.29 is 4.74 Å². The molecule has 2 aromatic rings. The summed E-state index contributed by atoms with van der Waals surface area (Å²) in [4.78, 5) is 0. The van der Waals surface area contributed by atoms with Crippen molar-refractivity contribution in [3.63, 3.8) is 0 Å². The number of benzene rings is 2. The van der Waals surface area contributed by atoms with Crippen molar-refractivity contribution in [3.8, 4) is 11.5 Å². The largest absolute Gasteiger partial charge is 0.456 e. The smallest absolute Gasteiger partial charge is 0.140 e. The molecule has 3 heteroatoms. The normalized spacial score (nSPS) is 10.3. The first-order valence-electron chi connectivity index (χ1n) is 5.36. The maximum atomic E-state index is 5.84. The number of halogens is 1. The lowest BCUT2D eigenvalue weighted by molar-refractivity contribution is 0.479. The van der Waals surface area contributed by atoms with Crippen LogP contribution in [0.2, 0.25) is 0 Å².